The van der Waals surface area contributed by atoms with Crippen LogP contribution in [0.15, 0.2) is 22.6 Å². The summed E-state index contributed by atoms with van der Waals surface area (Å²) in [6.07, 6.45) is 0. The molecule has 2 nitrogen and oxygen atoms in total. The molecule has 1 aromatic carbocycles. The smallest absolute Gasteiger partial charge is 0.152 e. The molecule has 0 saturated heterocycles. The van der Waals surface area contributed by atoms with Crippen molar-refractivity contribution >= 4 is 17.0 Å². The normalized spacial score (nSPS) is 9.27. The molecule has 0 bridgehead atoms. The van der Waals surface area contributed by atoms with E-state index in [9.17, 15) is 8.78 Å². The molecule has 0 aliphatic rings. The molecule has 0 saturated carbocycles. The summed E-state index contributed by atoms with van der Waals surface area (Å²) < 4.78 is 35.0. The topological polar surface area (TPSA) is 36.2 Å². The third-order valence-electron chi connectivity index (χ3n) is 1.07. The Morgan fingerprint density at radius 3 is 2.27 bits per heavy atom. The summed E-state index contributed by atoms with van der Waals surface area (Å²) in [7, 11) is 0. The highest BCUT2D eigenvalue weighted by Crippen LogP contribution is 2.20. The van der Waals surface area contributed by atoms with Crippen LogP contribution in [-0.4, -0.2) is 0 Å². The van der Waals surface area contributed by atoms with E-state index in [0.717, 1.165) is 12.1 Å². The number of halogens is 2. The molecule has 5 heteroatoms. The number of nitrogens with one attached hydrogen (secondary N) is 1. The zero-order valence-corrected chi connectivity index (χ0v) is 6.16. The van der Waals surface area contributed by atoms with E-state index < -0.39 is 17.3 Å². The van der Waals surface area contributed by atoms with Crippen molar-refractivity contribution in [2.24, 2.45) is 4.36 Å². The van der Waals surface area contributed by atoms with E-state index in [1.54, 1.807) is 0 Å². The lowest BCUT2D eigenvalue weighted by Gasteiger charge is -1.93. The summed E-state index contributed by atoms with van der Waals surface area (Å²) in [6, 6.07) is 3.44. The second-order valence-electron chi connectivity index (χ2n) is 1.75. The van der Waals surface area contributed by atoms with Gasteiger partial charge in [-0.05, 0) is 12.1 Å². The van der Waals surface area contributed by atoms with Gasteiger partial charge in [-0.15, -0.1) is 0 Å². The van der Waals surface area contributed by atoms with Crippen molar-refractivity contribution < 1.29 is 8.78 Å². The summed E-state index contributed by atoms with van der Waals surface area (Å²) in [4.78, 5) is 0. The monoisotopic (exact) mass is 174 g/mol. The summed E-state index contributed by atoms with van der Waals surface area (Å²) in [5, 5.41) is 0. The van der Waals surface area contributed by atoms with Crippen molar-refractivity contribution in [2.45, 2.75) is 0 Å². The van der Waals surface area contributed by atoms with Gasteiger partial charge in [0.1, 0.15) is 5.69 Å². The van der Waals surface area contributed by atoms with Gasteiger partial charge in [0.05, 0.1) is 11.4 Å². The molecule has 11 heavy (non-hydrogen) atoms. The Morgan fingerprint density at radius 2 is 1.82 bits per heavy atom. The van der Waals surface area contributed by atoms with Gasteiger partial charge in [0.15, 0.2) is 11.6 Å². The first-order valence-corrected chi connectivity index (χ1v) is 3.51. The van der Waals surface area contributed by atoms with E-state index in [-0.39, 0.29) is 11.4 Å². The second kappa shape index (κ2) is 3.34. The molecule has 0 aromatic heterocycles. The Kier molecular flexibility index (Phi) is 2.43. The van der Waals surface area contributed by atoms with E-state index in [4.69, 9.17) is 4.78 Å². The fourth-order valence-corrected chi connectivity index (χ4v) is 0.888. The van der Waals surface area contributed by atoms with Crippen LogP contribution in [0.25, 0.3) is 0 Å². The largest absolute Gasteiger partial charge is 0.229 e. The van der Waals surface area contributed by atoms with Crippen molar-refractivity contribution in [1.29, 1.82) is 4.78 Å². The Labute approximate surface area is 65.5 Å². The molecule has 1 rings (SSSR count). The first-order valence-electron chi connectivity index (χ1n) is 2.73. The van der Waals surface area contributed by atoms with E-state index in [1.165, 1.54) is 6.07 Å². The Balaban J connectivity index is 3.31. The molecular weight excluding hydrogens is 170 g/mol. The summed E-state index contributed by atoms with van der Waals surface area (Å²) in [5.74, 6) is -1.49. The van der Waals surface area contributed by atoms with Crippen LogP contribution in [-0.2, 0) is 11.4 Å². The lowest BCUT2D eigenvalue weighted by molar-refractivity contribution is 0.588. The molecule has 58 valence electrons. The van der Waals surface area contributed by atoms with E-state index >= 15 is 0 Å². The van der Waals surface area contributed by atoms with Gasteiger partial charge in [-0.2, -0.15) is 4.36 Å². The number of benzene rings is 1. The first-order chi connectivity index (χ1) is 5.25. The average molecular weight is 174 g/mol. The molecule has 0 atom stereocenters. The van der Waals surface area contributed by atoms with Crippen molar-refractivity contribution in [2.75, 3.05) is 0 Å². The summed E-state index contributed by atoms with van der Waals surface area (Å²) >= 11 is 0.278. The maximum absolute atomic E-state index is 12.6. The highest BCUT2D eigenvalue weighted by Gasteiger charge is 2.04. The highest BCUT2D eigenvalue weighted by atomic mass is 32.1. The van der Waals surface area contributed by atoms with Crippen LogP contribution in [0.3, 0.4) is 0 Å². The van der Waals surface area contributed by atoms with Crippen LogP contribution < -0.4 is 0 Å². The van der Waals surface area contributed by atoms with Gasteiger partial charge in [0.25, 0.3) is 0 Å². The quantitative estimate of drug-likeness (QED) is 0.679. The number of hydrogen-bond donors (Lipinski definition) is 1. The minimum atomic E-state index is -0.746. The summed E-state index contributed by atoms with van der Waals surface area (Å²) in [5.41, 5.74) is -0.396. The number of nitrogens with zero attached hydrogens (tertiary/aromatic N) is 1. The van der Waals surface area contributed by atoms with Crippen LogP contribution in [0.1, 0.15) is 0 Å². The maximum atomic E-state index is 12.6. The van der Waals surface area contributed by atoms with Gasteiger partial charge in [0, 0.05) is 0 Å². The zero-order chi connectivity index (χ0) is 8.27. The molecular formula is C6H4F2N2S. The van der Waals surface area contributed by atoms with Crippen LogP contribution in [0.5, 0.6) is 0 Å². The SMILES string of the molecule is N=S=Nc1c(F)cccc1F. The van der Waals surface area contributed by atoms with Crippen molar-refractivity contribution in [3.63, 3.8) is 0 Å². The molecule has 0 fully saturated rings. The third-order valence-corrected chi connectivity index (χ3v) is 1.35. The van der Waals surface area contributed by atoms with Gasteiger partial charge < -0.3 is 0 Å². The van der Waals surface area contributed by atoms with E-state index in [0.29, 0.717) is 0 Å². The summed E-state index contributed by atoms with van der Waals surface area (Å²) in [6.45, 7) is 0. The molecule has 0 aliphatic heterocycles. The van der Waals surface area contributed by atoms with Gasteiger partial charge in [-0.1, -0.05) is 6.07 Å². The van der Waals surface area contributed by atoms with Crippen LogP contribution >= 0.6 is 0 Å². The predicted octanol–water partition coefficient (Wildman–Crippen LogP) is 2.62. The standard InChI is InChI=1S/C6H4F2N2S/c7-4-2-1-3-5(8)6(4)10-11-9/h1-3,9H. The Morgan fingerprint density at radius 1 is 1.27 bits per heavy atom. The Hall–Kier alpha value is -1.10. The van der Waals surface area contributed by atoms with Crippen molar-refractivity contribution in [1.82, 2.24) is 0 Å². The molecule has 0 spiro atoms. The molecule has 1 N–H and O–H groups in total. The van der Waals surface area contributed by atoms with E-state index in [1.807, 2.05) is 0 Å². The zero-order valence-electron chi connectivity index (χ0n) is 5.34. The molecule has 0 amide bonds. The molecule has 0 aliphatic carbocycles. The number of hydrogen-bond acceptors (Lipinski definition) is 2. The lowest BCUT2D eigenvalue weighted by Crippen LogP contribution is -1.79. The number of rotatable bonds is 1. The molecule has 0 unspecified atom stereocenters. The fourth-order valence-electron chi connectivity index (χ4n) is 0.622. The molecule has 0 radical (unpaired) electrons. The van der Waals surface area contributed by atoms with Crippen LogP contribution in [0.4, 0.5) is 14.5 Å². The van der Waals surface area contributed by atoms with Gasteiger partial charge in [-0.3, -0.25) is 0 Å². The van der Waals surface area contributed by atoms with E-state index in [2.05, 4.69) is 4.36 Å². The minimum absolute atomic E-state index is 0.278. The Bertz CT molecular complexity index is 300. The van der Waals surface area contributed by atoms with Crippen molar-refractivity contribution in [3.05, 3.63) is 29.8 Å². The first kappa shape index (κ1) is 8.00. The third kappa shape index (κ3) is 1.68. The van der Waals surface area contributed by atoms with Gasteiger partial charge >= 0.3 is 0 Å². The predicted molar refractivity (Wildman–Crippen MR) is 38.5 cm³/mol. The molecule has 0 heterocycles. The fraction of sp³-hybridized carbons (Fsp3) is 0. The van der Waals surface area contributed by atoms with Gasteiger partial charge in [-0.25, -0.2) is 13.6 Å². The lowest BCUT2D eigenvalue weighted by atomic mass is 10.3. The van der Waals surface area contributed by atoms with Gasteiger partial charge in [0.2, 0.25) is 0 Å². The highest BCUT2D eigenvalue weighted by molar-refractivity contribution is 7.56. The second-order valence-corrected chi connectivity index (χ2v) is 2.12. The molecule has 1 aromatic rings. The van der Waals surface area contributed by atoms with Crippen molar-refractivity contribution in [3.8, 4) is 0 Å². The maximum Gasteiger partial charge on any atom is 0.152 e. The average Bonchev–Trinajstić information content (AvgIpc) is 1.97. The van der Waals surface area contributed by atoms with Crippen LogP contribution in [0.2, 0.25) is 0 Å². The van der Waals surface area contributed by atoms with Crippen LogP contribution in [0, 0.1) is 16.4 Å². The minimum Gasteiger partial charge on any atom is -0.229 e.